The van der Waals surface area contributed by atoms with Crippen LogP contribution in [0.5, 0.6) is 11.5 Å². The topological polar surface area (TPSA) is 115 Å². The van der Waals surface area contributed by atoms with E-state index < -0.39 is 22.1 Å². The fourth-order valence-electron chi connectivity index (χ4n) is 2.49. The lowest BCUT2D eigenvalue weighted by atomic mass is 10.2. The van der Waals surface area contributed by atoms with Gasteiger partial charge in [-0.2, -0.15) is 5.26 Å². The maximum absolute atomic E-state index is 12.2. The largest absolute Gasteiger partial charge is 0.486 e. The molecule has 1 N–H and O–H groups in total. The van der Waals surface area contributed by atoms with Crippen LogP contribution in [0.15, 0.2) is 53.4 Å². The lowest BCUT2D eigenvalue weighted by molar-refractivity contribution is 0.0109. The number of carbonyl (C=O) groups is 1. The smallest absolute Gasteiger partial charge is 0.338 e. The monoisotopic (exact) mass is 402 g/mol. The van der Waals surface area contributed by atoms with Gasteiger partial charge in [-0.3, -0.25) is 0 Å². The van der Waals surface area contributed by atoms with Gasteiger partial charge >= 0.3 is 5.97 Å². The van der Waals surface area contributed by atoms with E-state index in [4.69, 9.17) is 19.5 Å². The highest BCUT2D eigenvalue weighted by Gasteiger charge is 2.22. The third-order valence-corrected chi connectivity index (χ3v) is 5.37. The van der Waals surface area contributed by atoms with Gasteiger partial charge in [0.1, 0.15) is 13.2 Å². The first-order valence-corrected chi connectivity index (χ1v) is 10.0. The molecule has 9 heteroatoms. The van der Waals surface area contributed by atoms with Gasteiger partial charge < -0.3 is 14.2 Å². The third kappa shape index (κ3) is 4.79. The molecule has 1 aliphatic heterocycles. The molecule has 1 aliphatic rings. The van der Waals surface area contributed by atoms with E-state index in [0.717, 1.165) is 0 Å². The molecular formula is C19H18N2O6S. The molecule has 0 saturated carbocycles. The van der Waals surface area contributed by atoms with Crippen molar-refractivity contribution in [2.45, 2.75) is 17.4 Å². The number of esters is 1. The van der Waals surface area contributed by atoms with E-state index in [1.807, 2.05) is 18.2 Å². The average Bonchev–Trinajstić information content (AvgIpc) is 2.72. The SMILES string of the molecule is N#CCCNS(=O)(=O)c1ccc(C(=O)OC[C@@H]2COc3ccccc3O2)cc1. The number of sulfonamides is 1. The number of rotatable bonds is 7. The van der Waals surface area contributed by atoms with E-state index >= 15 is 0 Å². The molecule has 146 valence electrons. The Balaban J connectivity index is 1.55. The number of ether oxygens (including phenoxy) is 3. The number of fused-ring (bicyclic) bond motifs is 1. The number of hydrogen-bond donors (Lipinski definition) is 1. The second-order valence-electron chi connectivity index (χ2n) is 5.93. The molecule has 1 atom stereocenters. The van der Waals surface area contributed by atoms with Crippen molar-refractivity contribution in [2.75, 3.05) is 19.8 Å². The van der Waals surface area contributed by atoms with E-state index in [2.05, 4.69) is 4.72 Å². The van der Waals surface area contributed by atoms with Gasteiger partial charge in [-0.25, -0.2) is 17.9 Å². The Morgan fingerprint density at radius 1 is 1.18 bits per heavy atom. The van der Waals surface area contributed by atoms with Crippen LogP contribution in [0.1, 0.15) is 16.8 Å². The maximum atomic E-state index is 12.2. The van der Waals surface area contributed by atoms with Gasteiger partial charge in [0, 0.05) is 13.0 Å². The van der Waals surface area contributed by atoms with Crippen LogP contribution in [0.3, 0.4) is 0 Å². The van der Waals surface area contributed by atoms with Crippen LogP contribution in [-0.4, -0.2) is 40.2 Å². The molecule has 0 saturated heterocycles. The molecule has 1 heterocycles. The summed E-state index contributed by atoms with van der Waals surface area (Å²) in [5.74, 6) is 0.641. The van der Waals surface area contributed by atoms with Crippen molar-refractivity contribution >= 4 is 16.0 Å². The van der Waals surface area contributed by atoms with Gasteiger partial charge in [0.25, 0.3) is 0 Å². The van der Waals surface area contributed by atoms with Gasteiger partial charge in [-0.15, -0.1) is 0 Å². The number of carbonyl (C=O) groups excluding carboxylic acids is 1. The predicted octanol–water partition coefficient (Wildman–Crippen LogP) is 1.88. The fraction of sp³-hybridized carbons (Fsp3) is 0.263. The predicted molar refractivity (Wildman–Crippen MR) is 98.5 cm³/mol. The number of para-hydroxylation sites is 2. The van der Waals surface area contributed by atoms with E-state index in [1.54, 1.807) is 12.1 Å². The zero-order valence-electron chi connectivity index (χ0n) is 14.8. The number of hydrogen-bond acceptors (Lipinski definition) is 7. The van der Waals surface area contributed by atoms with Crippen molar-refractivity contribution in [3.05, 3.63) is 54.1 Å². The zero-order valence-corrected chi connectivity index (χ0v) is 15.6. The van der Waals surface area contributed by atoms with E-state index in [1.165, 1.54) is 24.3 Å². The fourth-order valence-corrected chi connectivity index (χ4v) is 3.52. The second-order valence-corrected chi connectivity index (χ2v) is 7.69. The number of benzene rings is 2. The summed E-state index contributed by atoms with van der Waals surface area (Å²) in [5, 5.41) is 8.47. The Bertz CT molecular complexity index is 982. The summed E-state index contributed by atoms with van der Waals surface area (Å²) in [6, 6.07) is 14.4. The Morgan fingerprint density at radius 2 is 1.89 bits per heavy atom. The number of nitrogens with one attached hydrogen (secondary N) is 1. The van der Waals surface area contributed by atoms with Crippen LogP contribution in [0.4, 0.5) is 0 Å². The minimum absolute atomic E-state index is 0.00242. The van der Waals surface area contributed by atoms with Crippen molar-refractivity contribution in [1.29, 1.82) is 5.26 Å². The summed E-state index contributed by atoms with van der Waals surface area (Å²) >= 11 is 0. The molecule has 0 amide bonds. The van der Waals surface area contributed by atoms with Gasteiger partial charge in [-0.05, 0) is 36.4 Å². The highest BCUT2D eigenvalue weighted by atomic mass is 32.2. The number of nitriles is 1. The van der Waals surface area contributed by atoms with E-state index in [0.29, 0.717) is 11.5 Å². The Kier molecular flexibility index (Phi) is 6.13. The van der Waals surface area contributed by atoms with E-state index in [9.17, 15) is 13.2 Å². The Labute approximate surface area is 162 Å². The molecule has 0 radical (unpaired) electrons. The molecule has 0 unspecified atom stereocenters. The summed E-state index contributed by atoms with van der Waals surface area (Å²) in [7, 11) is -3.72. The van der Waals surface area contributed by atoms with E-state index in [-0.39, 0.29) is 36.6 Å². The zero-order chi connectivity index (χ0) is 20.0. The number of nitrogens with zero attached hydrogens (tertiary/aromatic N) is 1. The lowest BCUT2D eigenvalue weighted by Crippen LogP contribution is -2.34. The Hall–Kier alpha value is -3.09. The van der Waals surface area contributed by atoms with Crippen LogP contribution < -0.4 is 14.2 Å². The summed E-state index contributed by atoms with van der Waals surface area (Å²) in [6.45, 7) is 0.286. The highest BCUT2D eigenvalue weighted by molar-refractivity contribution is 7.89. The summed E-state index contributed by atoms with van der Waals surface area (Å²) < 4.78 is 42.9. The minimum atomic E-state index is -3.72. The molecule has 0 bridgehead atoms. The summed E-state index contributed by atoms with van der Waals surface area (Å²) in [4.78, 5) is 12.2. The molecule has 2 aromatic carbocycles. The quantitative estimate of drug-likeness (QED) is 0.555. The normalized spacial score (nSPS) is 15.5. The first-order valence-electron chi connectivity index (χ1n) is 8.52. The first-order chi connectivity index (χ1) is 13.5. The van der Waals surface area contributed by atoms with Crippen molar-refractivity contribution in [2.24, 2.45) is 0 Å². The van der Waals surface area contributed by atoms with Gasteiger partial charge in [0.05, 0.1) is 16.5 Å². The first kappa shape index (κ1) is 19.7. The third-order valence-electron chi connectivity index (χ3n) is 3.90. The Morgan fingerprint density at radius 3 is 2.61 bits per heavy atom. The van der Waals surface area contributed by atoms with Gasteiger partial charge in [0.2, 0.25) is 10.0 Å². The lowest BCUT2D eigenvalue weighted by Gasteiger charge is -2.26. The average molecular weight is 402 g/mol. The van der Waals surface area contributed by atoms with Crippen molar-refractivity contribution < 1.29 is 27.4 Å². The molecule has 0 fully saturated rings. The molecule has 2 aromatic rings. The maximum Gasteiger partial charge on any atom is 0.338 e. The summed E-state index contributed by atoms with van der Waals surface area (Å²) in [6.07, 6.45) is -0.357. The molecule has 0 aliphatic carbocycles. The molecule has 8 nitrogen and oxygen atoms in total. The van der Waals surface area contributed by atoms with Gasteiger partial charge in [0.15, 0.2) is 17.6 Å². The van der Waals surface area contributed by atoms with Crippen LogP contribution >= 0.6 is 0 Å². The van der Waals surface area contributed by atoms with Gasteiger partial charge in [-0.1, -0.05) is 12.1 Å². The van der Waals surface area contributed by atoms with Crippen molar-refractivity contribution in [1.82, 2.24) is 4.72 Å². The molecule has 0 aromatic heterocycles. The van der Waals surface area contributed by atoms with Crippen LogP contribution in [0, 0.1) is 11.3 Å². The molecule has 3 rings (SSSR count). The molecule has 28 heavy (non-hydrogen) atoms. The molecule has 0 spiro atoms. The van der Waals surface area contributed by atoms with Crippen LogP contribution in [0.25, 0.3) is 0 Å². The minimum Gasteiger partial charge on any atom is -0.486 e. The molecular weight excluding hydrogens is 384 g/mol. The summed E-state index contributed by atoms with van der Waals surface area (Å²) in [5.41, 5.74) is 0.216. The second kappa shape index (κ2) is 8.73. The van der Waals surface area contributed by atoms with Crippen molar-refractivity contribution in [3.63, 3.8) is 0 Å². The van der Waals surface area contributed by atoms with Crippen LogP contribution in [0.2, 0.25) is 0 Å². The van der Waals surface area contributed by atoms with Crippen molar-refractivity contribution in [3.8, 4) is 17.6 Å². The standard InChI is InChI=1S/C19H18N2O6S/c20-10-3-11-21-28(23,24)16-8-6-14(7-9-16)19(22)26-13-15-12-25-17-4-1-2-5-18(17)27-15/h1-2,4-9,15,21H,3,11-13H2/t15-/m0/s1. The highest BCUT2D eigenvalue weighted by Crippen LogP contribution is 2.30. The van der Waals surface area contributed by atoms with Crippen LogP contribution in [-0.2, 0) is 14.8 Å².